The molecule has 104 valence electrons. The minimum atomic E-state index is -0.728. The molecule has 19 heavy (non-hydrogen) atoms. The molecule has 0 saturated heterocycles. The van der Waals surface area contributed by atoms with Crippen molar-refractivity contribution >= 4 is 5.97 Å². The first-order chi connectivity index (χ1) is 9.15. The third-order valence-corrected chi connectivity index (χ3v) is 2.80. The SMILES string of the molecule is CCOC(=O)C(N)Cc1cc2c(cc1OC)OCO2. The number of hydrogen-bond donors (Lipinski definition) is 1. The average Bonchev–Trinajstić information content (AvgIpc) is 2.85. The van der Waals surface area contributed by atoms with E-state index in [9.17, 15) is 4.79 Å². The maximum atomic E-state index is 11.5. The number of nitrogens with two attached hydrogens (primary N) is 1. The monoisotopic (exact) mass is 267 g/mol. The Kier molecular flexibility index (Phi) is 4.11. The van der Waals surface area contributed by atoms with Crippen LogP contribution in [0.4, 0.5) is 0 Å². The van der Waals surface area contributed by atoms with Gasteiger partial charge in [-0.25, -0.2) is 0 Å². The van der Waals surface area contributed by atoms with Gasteiger partial charge in [0, 0.05) is 18.1 Å². The summed E-state index contributed by atoms with van der Waals surface area (Å²) in [6, 6.07) is 2.78. The van der Waals surface area contributed by atoms with Gasteiger partial charge in [-0.15, -0.1) is 0 Å². The number of methoxy groups -OCH3 is 1. The highest BCUT2D eigenvalue weighted by atomic mass is 16.7. The highest BCUT2D eigenvalue weighted by Gasteiger charge is 2.22. The summed E-state index contributed by atoms with van der Waals surface area (Å²) in [5.74, 6) is 1.45. The first-order valence-electron chi connectivity index (χ1n) is 6.04. The van der Waals surface area contributed by atoms with Gasteiger partial charge in [-0.05, 0) is 13.0 Å². The van der Waals surface area contributed by atoms with Crippen molar-refractivity contribution in [1.82, 2.24) is 0 Å². The van der Waals surface area contributed by atoms with Crippen molar-refractivity contribution in [1.29, 1.82) is 0 Å². The maximum absolute atomic E-state index is 11.5. The molecule has 0 spiro atoms. The summed E-state index contributed by atoms with van der Waals surface area (Å²) in [7, 11) is 1.55. The third-order valence-electron chi connectivity index (χ3n) is 2.80. The minimum Gasteiger partial charge on any atom is -0.496 e. The molecule has 6 heteroatoms. The van der Waals surface area contributed by atoms with Crippen LogP contribution in [0.5, 0.6) is 17.2 Å². The molecular formula is C13H17NO5. The van der Waals surface area contributed by atoms with Crippen molar-refractivity contribution in [2.75, 3.05) is 20.5 Å². The van der Waals surface area contributed by atoms with Crippen LogP contribution in [0.25, 0.3) is 0 Å². The molecule has 0 bridgehead atoms. The van der Waals surface area contributed by atoms with Gasteiger partial charge in [-0.2, -0.15) is 0 Å². The number of rotatable bonds is 5. The molecule has 1 aliphatic heterocycles. The lowest BCUT2D eigenvalue weighted by molar-refractivity contribution is -0.144. The third kappa shape index (κ3) is 2.90. The van der Waals surface area contributed by atoms with E-state index in [-0.39, 0.29) is 6.79 Å². The quantitative estimate of drug-likeness (QED) is 0.797. The van der Waals surface area contributed by atoms with Gasteiger partial charge in [0.1, 0.15) is 11.8 Å². The van der Waals surface area contributed by atoms with E-state index in [1.807, 2.05) is 0 Å². The number of hydrogen-bond acceptors (Lipinski definition) is 6. The van der Waals surface area contributed by atoms with E-state index >= 15 is 0 Å². The zero-order valence-corrected chi connectivity index (χ0v) is 11.0. The molecule has 1 aromatic rings. The largest absolute Gasteiger partial charge is 0.496 e. The topological polar surface area (TPSA) is 80.0 Å². The van der Waals surface area contributed by atoms with Gasteiger partial charge in [0.2, 0.25) is 6.79 Å². The van der Waals surface area contributed by atoms with E-state index in [2.05, 4.69) is 0 Å². The number of esters is 1. The van der Waals surface area contributed by atoms with Crippen LogP contribution in [0.3, 0.4) is 0 Å². The van der Waals surface area contributed by atoms with Crippen molar-refractivity contribution in [3.8, 4) is 17.2 Å². The molecule has 1 aliphatic rings. The number of benzene rings is 1. The van der Waals surface area contributed by atoms with Gasteiger partial charge >= 0.3 is 5.97 Å². The Bertz CT molecular complexity index is 474. The highest BCUT2D eigenvalue weighted by Crippen LogP contribution is 2.38. The van der Waals surface area contributed by atoms with Crippen LogP contribution >= 0.6 is 0 Å². The fourth-order valence-corrected chi connectivity index (χ4v) is 1.88. The van der Waals surface area contributed by atoms with Crippen molar-refractivity contribution in [3.63, 3.8) is 0 Å². The number of carbonyl (C=O) groups excluding carboxylic acids is 1. The van der Waals surface area contributed by atoms with Crippen molar-refractivity contribution in [3.05, 3.63) is 17.7 Å². The lowest BCUT2D eigenvalue weighted by Gasteiger charge is -2.14. The van der Waals surface area contributed by atoms with E-state index in [1.165, 1.54) is 0 Å². The molecule has 6 nitrogen and oxygen atoms in total. The molecule has 1 aromatic carbocycles. The van der Waals surface area contributed by atoms with E-state index in [1.54, 1.807) is 26.2 Å². The van der Waals surface area contributed by atoms with Crippen molar-refractivity contribution in [2.24, 2.45) is 5.73 Å². The first kappa shape index (κ1) is 13.5. The fraction of sp³-hybridized carbons (Fsp3) is 0.462. The Labute approximate surface area is 111 Å². The van der Waals surface area contributed by atoms with Crippen LogP contribution in [0.1, 0.15) is 12.5 Å². The Morgan fingerprint density at radius 2 is 2.11 bits per heavy atom. The number of carbonyl (C=O) groups is 1. The molecule has 0 aliphatic carbocycles. The molecular weight excluding hydrogens is 250 g/mol. The molecule has 2 N–H and O–H groups in total. The molecule has 2 rings (SSSR count). The van der Waals surface area contributed by atoms with Crippen molar-refractivity contribution < 1.29 is 23.7 Å². The average molecular weight is 267 g/mol. The Morgan fingerprint density at radius 3 is 2.74 bits per heavy atom. The van der Waals surface area contributed by atoms with Crippen LogP contribution in [-0.2, 0) is 16.0 Å². The van der Waals surface area contributed by atoms with Gasteiger partial charge in [-0.3, -0.25) is 4.79 Å². The predicted octanol–water partition coefficient (Wildman–Crippen LogP) is 0.857. The van der Waals surface area contributed by atoms with Crippen molar-refractivity contribution in [2.45, 2.75) is 19.4 Å². The van der Waals surface area contributed by atoms with Crippen LogP contribution in [0, 0.1) is 0 Å². The Morgan fingerprint density at radius 1 is 1.42 bits per heavy atom. The molecule has 1 heterocycles. The summed E-state index contributed by atoms with van der Waals surface area (Å²) >= 11 is 0. The molecule has 0 aromatic heterocycles. The predicted molar refractivity (Wildman–Crippen MR) is 67.4 cm³/mol. The van der Waals surface area contributed by atoms with Crippen LogP contribution in [0.15, 0.2) is 12.1 Å². The zero-order valence-electron chi connectivity index (χ0n) is 11.0. The zero-order chi connectivity index (χ0) is 13.8. The van der Waals surface area contributed by atoms with Gasteiger partial charge < -0.3 is 24.7 Å². The summed E-state index contributed by atoms with van der Waals surface area (Å²) in [6.45, 7) is 2.24. The van der Waals surface area contributed by atoms with Gasteiger partial charge in [0.15, 0.2) is 11.5 Å². The molecule has 0 fully saturated rings. The summed E-state index contributed by atoms with van der Waals surface area (Å²) < 4.78 is 20.7. The van der Waals surface area contributed by atoms with Crippen LogP contribution in [-0.4, -0.2) is 32.5 Å². The lowest BCUT2D eigenvalue weighted by Crippen LogP contribution is -2.34. The fourth-order valence-electron chi connectivity index (χ4n) is 1.88. The molecule has 1 unspecified atom stereocenters. The Hall–Kier alpha value is -1.95. The van der Waals surface area contributed by atoms with Crippen LogP contribution < -0.4 is 19.9 Å². The smallest absolute Gasteiger partial charge is 0.323 e. The molecule has 0 radical (unpaired) electrons. The summed E-state index contributed by atoms with van der Waals surface area (Å²) in [5.41, 5.74) is 6.59. The second-order valence-electron chi connectivity index (χ2n) is 4.08. The van der Waals surface area contributed by atoms with Gasteiger partial charge in [0.25, 0.3) is 0 Å². The normalized spacial score (nSPS) is 14.1. The standard InChI is InChI=1S/C13H17NO5/c1-3-17-13(15)9(14)4-8-5-11-12(19-7-18-11)6-10(8)16-2/h5-6,9H,3-4,7,14H2,1-2H3. The van der Waals surface area contributed by atoms with Gasteiger partial charge in [-0.1, -0.05) is 0 Å². The van der Waals surface area contributed by atoms with E-state index < -0.39 is 12.0 Å². The van der Waals surface area contributed by atoms with E-state index in [0.29, 0.717) is 30.3 Å². The molecule has 0 amide bonds. The first-order valence-corrected chi connectivity index (χ1v) is 6.04. The lowest BCUT2D eigenvalue weighted by atomic mass is 10.0. The van der Waals surface area contributed by atoms with Crippen LogP contribution in [0.2, 0.25) is 0 Å². The van der Waals surface area contributed by atoms with E-state index in [4.69, 9.17) is 24.7 Å². The summed E-state index contributed by atoms with van der Waals surface area (Å²) in [5, 5.41) is 0. The highest BCUT2D eigenvalue weighted by molar-refractivity contribution is 5.76. The Balaban J connectivity index is 2.17. The minimum absolute atomic E-state index is 0.186. The summed E-state index contributed by atoms with van der Waals surface area (Å²) in [4.78, 5) is 11.5. The summed E-state index contributed by atoms with van der Waals surface area (Å²) in [6.07, 6.45) is 0.318. The maximum Gasteiger partial charge on any atom is 0.323 e. The van der Waals surface area contributed by atoms with E-state index in [0.717, 1.165) is 5.56 Å². The molecule has 1 atom stereocenters. The second-order valence-corrected chi connectivity index (χ2v) is 4.08. The second kappa shape index (κ2) is 5.79. The number of fused-ring (bicyclic) bond motifs is 1. The molecule has 0 saturated carbocycles. The number of ether oxygens (including phenoxy) is 4. The van der Waals surface area contributed by atoms with Gasteiger partial charge in [0.05, 0.1) is 13.7 Å².